The maximum Gasteiger partial charge on any atom is 0.270 e. The second-order valence-corrected chi connectivity index (χ2v) is 3.65. The molecule has 14 heavy (non-hydrogen) atoms. The quantitative estimate of drug-likeness (QED) is 0.324. The van der Waals surface area contributed by atoms with Crippen molar-refractivity contribution in [3.8, 4) is 5.40 Å². The number of thioether (sulfide) groups is 1. The third-order valence-electron chi connectivity index (χ3n) is 1.80. The van der Waals surface area contributed by atoms with E-state index in [2.05, 4.69) is 0 Å². The summed E-state index contributed by atoms with van der Waals surface area (Å²) in [5.74, 6) is 0. The summed E-state index contributed by atoms with van der Waals surface area (Å²) in [5.41, 5.74) is 1.61. The Kier molecular flexibility index (Phi) is 3.10. The van der Waals surface area contributed by atoms with Gasteiger partial charge in [0.25, 0.3) is 5.69 Å². The number of aryl methyl sites for hydroxylation is 2. The maximum absolute atomic E-state index is 10.5. The lowest BCUT2D eigenvalue weighted by atomic mass is 10.1. The van der Waals surface area contributed by atoms with Gasteiger partial charge in [-0.05, 0) is 36.7 Å². The summed E-state index contributed by atoms with van der Waals surface area (Å²) in [5, 5.41) is 21.0. The van der Waals surface area contributed by atoms with Gasteiger partial charge in [-0.1, -0.05) is 0 Å². The van der Waals surface area contributed by atoms with Crippen LogP contribution >= 0.6 is 11.8 Å². The van der Waals surface area contributed by atoms with Crippen LogP contribution < -0.4 is 0 Å². The number of hydrogen-bond acceptors (Lipinski definition) is 4. The second kappa shape index (κ2) is 4.11. The van der Waals surface area contributed by atoms with Gasteiger partial charge in [-0.25, -0.2) is 0 Å². The Morgan fingerprint density at radius 2 is 1.93 bits per heavy atom. The van der Waals surface area contributed by atoms with Crippen molar-refractivity contribution in [2.75, 3.05) is 0 Å². The average molecular weight is 208 g/mol. The molecule has 0 saturated carbocycles. The molecule has 0 aromatic heterocycles. The molecule has 0 N–H and O–H groups in total. The number of rotatable bonds is 2. The molecule has 0 spiro atoms. The first-order valence-electron chi connectivity index (χ1n) is 3.88. The Hall–Kier alpha value is -1.54. The molecule has 1 aromatic carbocycles. The van der Waals surface area contributed by atoms with Crippen LogP contribution in [0.2, 0.25) is 0 Å². The van der Waals surface area contributed by atoms with E-state index in [1.807, 2.05) is 5.40 Å². The Balaban J connectivity index is 3.26. The van der Waals surface area contributed by atoms with Crippen molar-refractivity contribution in [3.05, 3.63) is 33.4 Å². The minimum atomic E-state index is -0.430. The molecule has 0 amide bonds. The largest absolute Gasteiger partial charge is 0.270 e. The molecule has 5 heteroatoms. The average Bonchev–Trinajstić information content (AvgIpc) is 2.10. The number of nitriles is 1. The van der Waals surface area contributed by atoms with Gasteiger partial charge in [0.15, 0.2) is 0 Å². The van der Waals surface area contributed by atoms with E-state index in [4.69, 9.17) is 5.26 Å². The zero-order valence-electron chi connectivity index (χ0n) is 7.77. The van der Waals surface area contributed by atoms with Gasteiger partial charge in [0.2, 0.25) is 0 Å². The van der Waals surface area contributed by atoms with Gasteiger partial charge >= 0.3 is 0 Å². The standard InChI is InChI=1S/C9H8N2O2S/c1-6-3-8(11(12)13)4-7(2)9(6)14-5-10/h3-4H,1-2H3. The highest BCUT2D eigenvalue weighted by molar-refractivity contribution is 8.03. The van der Waals surface area contributed by atoms with Crippen LogP contribution in [0.15, 0.2) is 17.0 Å². The van der Waals surface area contributed by atoms with Crippen LogP contribution in [-0.2, 0) is 0 Å². The van der Waals surface area contributed by atoms with E-state index in [0.29, 0.717) is 0 Å². The van der Waals surface area contributed by atoms with E-state index in [1.165, 1.54) is 12.1 Å². The fourth-order valence-electron chi connectivity index (χ4n) is 1.24. The molecule has 72 valence electrons. The molecule has 0 unspecified atom stereocenters. The van der Waals surface area contributed by atoms with E-state index in [-0.39, 0.29) is 5.69 Å². The summed E-state index contributed by atoms with van der Waals surface area (Å²) in [7, 11) is 0. The number of thiocyanates is 1. The molecule has 1 aromatic rings. The fourth-order valence-corrected chi connectivity index (χ4v) is 1.77. The maximum atomic E-state index is 10.5. The monoisotopic (exact) mass is 208 g/mol. The topological polar surface area (TPSA) is 66.9 Å². The van der Waals surface area contributed by atoms with Crippen molar-refractivity contribution in [1.29, 1.82) is 5.26 Å². The van der Waals surface area contributed by atoms with Crippen LogP contribution in [0.5, 0.6) is 0 Å². The highest BCUT2D eigenvalue weighted by Crippen LogP contribution is 2.29. The lowest BCUT2D eigenvalue weighted by Crippen LogP contribution is -1.92. The molecule has 4 nitrogen and oxygen atoms in total. The van der Waals surface area contributed by atoms with Crippen LogP contribution in [0, 0.1) is 34.6 Å². The molecular formula is C9H8N2O2S. The van der Waals surface area contributed by atoms with E-state index >= 15 is 0 Å². The predicted molar refractivity (Wildman–Crippen MR) is 54.0 cm³/mol. The summed E-state index contributed by atoms with van der Waals surface area (Å²) in [6.07, 6.45) is 0. The van der Waals surface area contributed by atoms with Crippen molar-refractivity contribution in [3.63, 3.8) is 0 Å². The Morgan fingerprint density at radius 1 is 1.43 bits per heavy atom. The van der Waals surface area contributed by atoms with Crippen molar-refractivity contribution in [1.82, 2.24) is 0 Å². The Labute approximate surface area is 85.7 Å². The van der Waals surface area contributed by atoms with Gasteiger partial charge in [0, 0.05) is 17.0 Å². The predicted octanol–water partition coefficient (Wildman–Crippen LogP) is 2.78. The summed E-state index contributed by atoms with van der Waals surface area (Å²) < 4.78 is 0. The molecule has 0 bridgehead atoms. The smallest absolute Gasteiger partial charge is 0.258 e. The van der Waals surface area contributed by atoms with Crippen LogP contribution in [0.25, 0.3) is 0 Å². The van der Waals surface area contributed by atoms with E-state index in [1.54, 1.807) is 13.8 Å². The molecule has 0 aliphatic carbocycles. The number of hydrogen-bond donors (Lipinski definition) is 0. The molecule has 0 saturated heterocycles. The van der Waals surface area contributed by atoms with Gasteiger partial charge < -0.3 is 0 Å². The minimum Gasteiger partial charge on any atom is -0.258 e. The zero-order valence-corrected chi connectivity index (χ0v) is 8.59. The number of benzene rings is 1. The number of nitro groups is 1. The van der Waals surface area contributed by atoms with Crippen molar-refractivity contribution >= 4 is 17.4 Å². The van der Waals surface area contributed by atoms with Gasteiger partial charge in [-0.3, -0.25) is 10.1 Å². The Bertz CT molecular complexity index is 400. The molecule has 1 rings (SSSR count). The zero-order chi connectivity index (χ0) is 10.7. The number of nitrogens with zero attached hydrogens (tertiary/aromatic N) is 2. The summed E-state index contributed by atoms with van der Waals surface area (Å²) in [6, 6.07) is 2.96. The van der Waals surface area contributed by atoms with E-state index in [9.17, 15) is 10.1 Å². The third kappa shape index (κ3) is 2.03. The first kappa shape index (κ1) is 10.5. The van der Waals surface area contributed by atoms with Crippen LogP contribution in [0.1, 0.15) is 11.1 Å². The van der Waals surface area contributed by atoms with Gasteiger partial charge in [-0.2, -0.15) is 5.26 Å². The van der Waals surface area contributed by atoms with Crippen molar-refractivity contribution in [2.45, 2.75) is 18.7 Å². The normalized spacial score (nSPS) is 9.50. The molecule has 0 heterocycles. The molecule has 0 aliphatic heterocycles. The summed E-state index contributed by atoms with van der Waals surface area (Å²) in [4.78, 5) is 10.9. The first-order chi connectivity index (χ1) is 6.56. The minimum absolute atomic E-state index is 0.0716. The fraction of sp³-hybridized carbons (Fsp3) is 0.222. The number of non-ortho nitro benzene ring substituents is 1. The molecule has 0 fully saturated rings. The van der Waals surface area contributed by atoms with Crippen molar-refractivity contribution < 1.29 is 4.92 Å². The Morgan fingerprint density at radius 3 is 2.29 bits per heavy atom. The third-order valence-corrected chi connectivity index (χ3v) is 2.74. The van der Waals surface area contributed by atoms with E-state index < -0.39 is 4.92 Å². The van der Waals surface area contributed by atoms with Gasteiger partial charge in [0.05, 0.1) is 4.92 Å². The highest BCUT2D eigenvalue weighted by Gasteiger charge is 2.11. The molecule has 0 atom stereocenters. The molecular weight excluding hydrogens is 200 g/mol. The van der Waals surface area contributed by atoms with E-state index in [0.717, 1.165) is 27.8 Å². The molecule has 0 aliphatic rings. The van der Waals surface area contributed by atoms with Gasteiger partial charge in [0.1, 0.15) is 5.40 Å². The lowest BCUT2D eigenvalue weighted by molar-refractivity contribution is -0.385. The van der Waals surface area contributed by atoms with Crippen LogP contribution in [0.3, 0.4) is 0 Å². The van der Waals surface area contributed by atoms with Gasteiger partial charge in [-0.15, -0.1) is 0 Å². The second-order valence-electron chi connectivity index (χ2n) is 2.86. The van der Waals surface area contributed by atoms with Crippen molar-refractivity contribution in [2.24, 2.45) is 0 Å². The SMILES string of the molecule is Cc1cc([N+](=O)[O-])cc(C)c1SC#N. The number of nitro benzene ring substituents is 1. The highest BCUT2D eigenvalue weighted by atomic mass is 32.2. The molecule has 0 radical (unpaired) electrons. The summed E-state index contributed by atoms with van der Waals surface area (Å²) >= 11 is 1.03. The lowest BCUT2D eigenvalue weighted by Gasteiger charge is -2.04. The first-order valence-corrected chi connectivity index (χ1v) is 4.69. The van der Waals surface area contributed by atoms with Crippen LogP contribution in [-0.4, -0.2) is 4.92 Å². The van der Waals surface area contributed by atoms with Crippen LogP contribution in [0.4, 0.5) is 5.69 Å². The summed E-state index contributed by atoms with van der Waals surface area (Å²) in [6.45, 7) is 3.53.